The SMILES string of the molecule is Cc1c(N(C)S(=O)(=O)c2cccc(C(=O)NC[C@@H]3CCCO3)c2)c(=O)n(-c2ccccc2)n1C. The van der Waals surface area contributed by atoms with Crippen molar-refractivity contribution in [3.05, 3.63) is 76.2 Å². The van der Waals surface area contributed by atoms with Crippen LogP contribution in [-0.2, 0) is 21.8 Å². The van der Waals surface area contributed by atoms with E-state index in [0.29, 0.717) is 24.5 Å². The number of hydrogen-bond acceptors (Lipinski definition) is 5. The number of nitrogens with one attached hydrogen (secondary N) is 1. The fourth-order valence-corrected chi connectivity index (χ4v) is 5.40. The molecule has 3 aromatic rings. The van der Waals surface area contributed by atoms with Gasteiger partial charge in [0, 0.05) is 32.8 Å². The summed E-state index contributed by atoms with van der Waals surface area (Å²) in [6, 6.07) is 14.8. The number of amides is 1. The summed E-state index contributed by atoms with van der Waals surface area (Å²) in [6.45, 7) is 2.75. The van der Waals surface area contributed by atoms with Crippen molar-refractivity contribution in [1.82, 2.24) is 14.7 Å². The molecule has 0 bridgehead atoms. The second-order valence-corrected chi connectivity index (χ2v) is 10.2. The number of rotatable bonds is 7. The molecule has 1 saturated heterocycles. The van der Waals surface area contributed by atoms with Crippen LogP contribution in [0.2, 0.25) is 0 Å². The number of sulfonamides is 1. The fraction of sp³-hybridized carbons (Fsp3) is 0.333. The zero-order valence-electron chi connectivity index (χ0n) is 19.4. The van der Waals surface area contributed by atoms with Crippen molar-refractivity contribution in [1.29, 1.82) is 0 Å². The molecule has 1 N–H and O–H groups in total. The highest BCUT2D eigenvalue weighted by atomic mass is 32.2. The van der Waals surface area contributed by atoms with Crippen molar-refractivity contribution in [2.45, 2.75) is 30.8 Å². The minimum Gasteiger partial charge on any atom is -0.376 e. The minimum atomic E-state index is -4.11. The molecule has 1 atom stereocenters. The monoisotopic (exact) mass is 484 g/mol. The van der Waals surface area contributed by atoms with Crippen LogP contribution in [0.15, 0.2) is 64.3 Å². The van der Waals surface area contributed by atoms with Gasteiger partial charge in [0.15, 0.2) is 0 Å². The van der Waals surface area contributed by atoms with Crippen LogP contribution in [0.1, 0.15) is 28.9 Å². The molecule has 0 spiro atoms. The van der Waals surface area contributed by atoms with Crippen molar-refractivity contribution in [2.24, 2.45) is 7.05 Å². The largest absolute Gasteiger partial charge is 0.376 e. The van der Waals surface area contributed by atoms with Gasteiger partial charge in [-0.05, 0) is 50.1 Å². The standard InChI is InChI=1S/C24H28N4O5S/c1-17-22(24(30)28(26(17)2)19-10-5-4-6-11-19)27(3)34(31,32)21-13-7-9-18(15-21)23(29)25-16-20-12-8-14-33-20/h4-7,9-11,13,15,20H,8,12,14,16H2,1-3H3,(H,25,29)/t20-/m0/s1. The number of carbonyl (C=O) groups is 1. The second-order valence-electron chi connectivity index (χ2n) is 8.26. The van der Waals surface area contributed by atoms with Gasteiger partial charge in [0.2, 0.25) is 0 Å². The smallest absolute Gasteiger partial charge is 0.296 e. The van der Waals surface area contributed by atoms with E-state index in [1.54, 1.807) is 49.0 Å². The summed E-state index contributed by atoms with van der Waals surface area (Å²) in [6.07, 6.45) is 1.83. The maximum absolute atomic E-state index is 13.5. The highest BCUT2D eigenvalue weighted by Crippen LogP contribution is 2.24. The number of para-hydroxylation sites is 1. The van der Waals surface area contributed by atoms with Gasteiger partial charge in [-0.1, -0.05) is 24.3 Å². The molecule has 9 nitrogen and oxygen atoms in total. The second kappa shape index (κ2) is 9.47. The van der Waals surface area contributed by atoms with Gasteiger partial charge < -0.3 is 10.1 Å². The topological polar surface area (TPSA) is 103 Å². The molecule has 34 heavy (non-hydrogen) atoms. The summed E-state index contributed by atoms with van der Waals surface area (Å²) in [5, 5.41) is 2.80. The van der Waals surface area contributed by atoms with E-state index >= 15 is 0 Å². The Kier molecular flexibility index (Phi) is 6.63. The molecule has 2 heterocycles. The molecular formula is C24H28N4O5S. The van der Waals surface area contributed by atoms with Crippen LogP contribution >= 0.6 is 0 Å². The van der Waals surface area contributed by atoms with Gasteiger partial charge in [-0.15, -0.1) is 0 Å². The van der Waals surface area contributed by atoms with Crippen LogP contribution in [0, 0.1) is 6.92 Å². The van der Waals surface area contributed by atoms with Gasteiger partial charge in [0.1, 0.15) is 5.69 Å². The van der Waals surface area contributed by atoms with Crippen LogP contribution < -0.4 is 15.2 Å². The van der Waals surface area contributed by atoms with Crippen molar-refractivity contribution in [3.63, 3.8) is 0 Å². The van der Waals surface area contributed by atoms with Gasteiger partial charge in [-0.25, -0.2) is 13.1 Å². The molecule has 0 saturated carbocycles. The Bertz CT molecular complexity index is 1360. The summed E-state index contributed by atoms with van der Waals surface area (Å²) < 4.78 is 36.4. The van der Waals surface area contributed by atoms with Gasteiger partial charge in [-0.2, -0.15) is 0 Å². The zero-order chi connectivity index (χ0) is 24.5. The maximum Gasteiger partial charge on any atom is 0.296 e. The number of ether oxygens (including phenoxy) is 1. The molecule has 1 aromatic heterocycles. The first kappa shape index (κ1) is 23.8. The Morgan fingerprint density at radius 1 is 1.18 bits per heavy atom. The highest BCUT2D eigenvalue weighted by molar-refractivity contribution is 7.92. The van der Waals surface area contributed by atoms with Crippen LogP contribution in [0.25, 0.3) is 5.69 Å². The Morgan fingerprint density at radius 3 is 2.59 bits per heavy atom. The molecule has 180 valence electrons. The normalized spacial score (nSPS) is 15.9. The number of nitrogens with zero attached hydrogens (tertiary/aromatic N) is 3. The first-order chi connectivity index (χ1) is 16.2. The lowest BCUT2D eigenvalue weighted by atomic mass is 10.2. The van der Waals surface area contributed by atoms with E-state index in [1.165, 1.54) is 29.9 Å². The van der Waals surface area contributed by atoms with E-state index < -0.39 is 15.6 Å². The van der Waals surface area contributed by atoms with Crippen LogP contribution in [0.4, 0.5) is 5.69 Å². The van der Waals surface area contributed by atoms with Gasteiger partial charge in [0.25, 0.3) is 21.5 Å². The molecule has 10 heteroatoms. The van der Waals surface area contributed by atoms with Crippen molar-refractivity contribution in [2.75, 3.05) is 24.5 Å². The molecule has 2 aromatic carbocycles. The zero-order valence-corrected chi connectivity index (χ0v) is 20.2. The predicted molar refractivity (Wildman–Crippen MR) is 129 cm³/mol. The number of benzene rings is 2. The van der Waals surface area contributed by atoms with Crippen LogP contribution in [0.3, 0.4) is 0 Å². The number of carbonyl (C=O) groups excluding carboxylic acids is 1. The molecule has 4 rings (SSSR count). The molecule has 0 aliphatic carbocycles. The van der Waals surface area contributed by atoms with Crippen molar-refractivity contribution >= 4 is 21.6 Å². The average Bonchev–Trinajstić information content (AvgIpc) is 3.44. The fourth-order valence-electron chi connectivity index (χ4n) is 4.11. The molecular weight excluding hydrogens is 456 g/mol. The number of aromatic nitrogens is 2. The first-order valence-corrected chi connectivity index (χ1v) is 12.5. The lowest BCUT2D eigenvalue weighted by Crippen LogP contribution is -2.33. The lowest BCUT2D eigenvalue weighted by molar-refractivity contribution is 0.0857. The molecule has 1 aliphatic heterocycles. The van der Waals surface area contributed by atoms with Gasteiger partial charge in [0.05, 0.1) is 22.4 Å². The van der Waals surface area contributed by atoms with E-state index in [9.17, 15) is 18.0 Å². The summed E-state index contributed by atoms with van der Waals surface area (Å²) in [5.41, 5.74) is 0.923. The van der Waals surface area contributed by atoms with Crippen molar-refractivity contribution in [3.8, 4) is 5.69 Å². The van der Waals surface area contributed by atoms with Gasteiger partial charge in [-0.3, -0.25) is 18.6 Å². The Balaban J connectivity index is 1.63. The first-order valence-electron chi connectivity index (χ1n) is 11.0. The summed E-state index contributed by atoms with van der Waals surface area (Å²) >= 11 is 0. The van der Waals surface area contributed by atoms with E-state index in [0.717, 1.165) is 17.1 Å². The number of hydrogen-bond donors (Lipinski definition) is 1. The summed E-state index contributed by atoms with van der Waals surface area (Å²) in [7, 11) is -1.06. The van der Waals surface area contributed by atoms with Crippen LogP contribution in [0.5, 0.6) is 0 Å². The Morgan fingerprint density at radius 2 is 1.91 bits per heavy atom. The summed E-state index contributed by atoms with van der Waals surface area (Å²) in [5.74, 6) is -0.377. The Hall–Kier alpha value is -3.37. The molecule has 0 unspecified atom stereocenters. The minimum absolute atomic E-state index is 0.0187. The molecule has 1 amide bonds. The predicted octanol–water partition coefficient (Wildman–Crippen LogP) is 2.22. The third kappa shape index (κ3) is 4.38. The van der Waals surface area contributed by atoms with Crippen LogP contribution in [-0.4, -0.2) is 50.0 Å². The maximum atomic E-state index is 13.5. The van der Waals surface area contributed by atoms with E-state index in [4.69, 9.17) is 4.74 Å². The van der Waals surface area contributed by atoms with E-state index in [1.807, 2.05) is 6.07 Å². The molecule has 0 radical (unpaired) electrons. The van der Waals surface area contributed by atoms with E-state index in [-0.39, 0.29) is 28.2 Å². The number of anilines is 1. The third-order valence-electron chi connectivity index (χ3n) is 6.11. The van der Waals surface area contributed by atoms with Crippen molar-refractivity contribution < 1.29 is 17.9 Å². The third-order valence-corrected chi connectivity index (χ3v) is 7.86. The quantitative estimate of drug-likeness (QED) is 0.554. The lowest BCUT2D eigenvalue weighted by Gasteiger charge is -2.18. The Labute approximate surface area is 198 Å². The average molecular weight is 485 g/mol. The highest BCUT2D eigenvalue weighted by Gasteiger charge is 2.29. The molecule has 1 fully saturated rings. The van der Waals surface area contributed by atoms with Gasteiger partial charge >= 0.3 is 0 Å². The summed E-state index contributed by atoms with van der Waals surface area (Å²) in [4.78, 5) is 25.8. The molecule has 1 aliphatic rings. The van der Waals surface area contributed by atoms with E-state index in [2.05, 4.69) is 5.32 Å².